The Morgan fingerprint density at radius 1 is 1.16 bits per heavy atom. The first-order chi connectivity index (χ1) is 12.1. The second-order valence-electron chi connectivity index (χ2n) is 6.72. The number of rotatable bonds is 8. The molecule has 0 heterocycles. The van der Waals surface area contributed by atoms with E-state index in [-0.39, 0.29) is 11.8 Å². The van der Waals surface area contributed by atoms with Gasteiger partial charge >= 0.3 is 0 Å². The summed E-state index contributed by atoms with van der Waals surface area (Å²) in [4.78, 5) is 25.8. The first-order valence-electron chi connectivity index (χ1n) is 9.27. The Kier molecular flexibility index (Phi) is 7.76. The van der Waals surface area contributed by atoms with Crippen LogP contribution in [-0.4, -0.2) is 43.0 Å². The topological polar surface area (TPSA) is 58.6 Å². The number of carbonyl (C=O) groups excluding carboxylic acids is 2. The van der Waals surface area contributed by atoms with Gasteiger partial charge in [0.25, 0.3) is 0 Å². The molecule has 138 valence electrons. The lowest BCUT2D eigenvalue weighted by atomic mass is 9.95. The summed E-state index contributed by atoms with van der Waals surface area (Å²) in [6.45, 7) is 2.61. The van der Waals surface area contributed by atoms with Crippen molar-refractivity contribution in [3.8, 4) is 5.75 Å². The number of benzene rings is 1. The molecular formula is C20H30N2O3. The maximum Gasteiger partial charge on any atom is 0.221 e. The number of amides is 2. The molecule has 2 rings (SSSR count). The molecule has 0 spiro atoms. The van der Waals surface area contributed by atoms with Crippen molar-refractivity contribution in [2.75, 3.05) is 20.2 Å². The molecule has 1 N–H and O–H groups in total. The van der Waals surface area contributed by atoms with Gasteiger partial charge in [-0.25, -0.2) is 0 Å². The minimum atomic E-state index is 0.000337. The maximum atomic E-state index is 12.1. The highest BCUT2D eigenvalue weighted by molar-refractivity contribution is 5.78. The average Bonchev–Trinajstić information content (AvgIpc) is 2.62. The van der Waals surface area contributed by atoms with E-state index in [9.17, 15) is 9.59 Å². The molecule has 2 amide bonds. The van der Waals surface area contributed by atoms with E-state index in [1.165, 1.54) is 19.3 Å². The lowest BCUT2D eigenvalue weighted by Crippen LogP contribution is -2.39. The molecule has 1 aliphatic carbocycles. The second-order valence-corrected chi connectivity index (χ2v) is 6.72. The number of para-hydroxylation sites is 1. The third-order valence-corrected chi connectivity index (χ3v) is 4.87. The van der Waals surface area contributed by atoms with Gasteiger partial charge in [0.1, 0.15) is 5.75 Å². The molecule has 1 aromatic rings. The second kappa shape index (κ2) is 10.1. The van der Waals surface area contributed by atoms with E-state index in [1.54, 1.807) is 18.9 Å². The highest BCUT2D eigenvalue weighted by Crippen LogP contribution is 2.19. The Morgan fingerprint density at radius 3 is 2.56 bits per heavy atom. The van der Waals surface area contributed by atoms with E-state index >= 15 is 0 Å². The zero-order valence-corrected chi connectivity index (χ0v) is 15.4. The SMILES string of the molecule is COc1ccccc1CCN(CCC(=O)NC1CCCCC1)C(C)=O. The number of hydrogen-bond donors (Lipinski definition) is 1. The Morgan fingerprint density at radius 2 is 1.88 bits per heavy atom. The fourth-order valence-corrected chi connectivity index (χ4v) is 3.37. The van der Waals surface area contributed by atoms with Crippen molar-refractivity contribution in [2.45, 2.75) is 57.9 Å². The molecule has 0 radical (unpaired) electrons. The number of ether oxygens (including phenoxy) is 1. The van der Waals surface area contributed by atoms with Crippen LogP contribution in [0.3, 0.4) is 0 Å². The first kappa shape index (κ1) is 19.3. The molecule has 1 saturated carbocycles. The molecule has 5 heteroatoms. The van der Waals surface area contributed by atoms with Gasteiger partial charge in [0.2, 0.25) is 11.8 Å². The van der Waals surface area contributed by atoms with Crippen molar-refractivity contribution in [1.82, 2.24) is 10.2 Å². The summed E-state index contributed by atoms with van der Waals surface area (Å²) >= 11 is 0. The quantitative estimate of drug-likeness (QED) is 0.787. The molecule has 0 bridgehead atoms. The minimum absolute atomic E-state index is 0.000337. The number of nitrogens with one attached hydrogen (secondary N) is 1. The van der Waals surface area contributed by atoms with Crippen LogP contribution in [0.1, 0.15) is 51.0 Å². The summed E-state index contributed by atoms with van der Waals surface area (Å²) in [5.41, 5.74) is 1.07. The fourth-order valence-electron chi connectivity index (χ4n) is 3.37. The molecule has 0 saturated heterocycles. The third-order valence-electron chi connectivity index (χ3n) is 4.87. The lowest BCUT2D eigenvalue weighted by Gasteiger charge is -2.24. The van der Waals surface area contributed by atoms with Gasteiger partial charge in [-0.1, -0.05) is 37.5 Å². The van der Waals surface area contributed by atoms with Crippen molar-refractivity contribution >= 4 is 11.8 Å². The molecule has 1 aromatic carbocycles. The zero-order valence-electron chi connectivity index (χ0n) is 15.4. The van der Waals surface area contributed by atoms with E-state index in [2.05, 4.69) is 5.32 Å². The van der Waals surface area contributed by atoms with E-state index in [0.29, 0.717) is 32.0 Å². The first-order valence-corrected chi connectivity index (χ1v) is 9.27. The van der Waals surface area contributed by atoms with E-state index < -0.39 is 0 Å². The van der Waals surface area contributed by atoms with Crippen LogP contribution in [0.25, 0.3) is 0 Å². The van der Waals surface area contributed by atoms with Gasteiger partial charge in [0.15, 0.2) is 0 Å². The molecular weight excluding hydrogens is 316 g/mol. The van der Waals surface area contributed by atoms with E-state index in [1.807, 2.05) is 24.3 Å². The van der Waals surface area contributed by atoms with E-state index in [0.717, 1.165) is 24.2 Å². The summed E-state index contributed by atoms with van der Waals surface area (Å²) in [5, 5.41) is 3.11. The van der Waals surface area contributed by atoms with Gasteiger partial charge < -0.3 is 15.0 Å². The molecule has 0 unspecified atom stereocenters. The summed E-state index contributed by atoms with van der Waals surface area (Å²) in [5.74, 6) is 0.886. The molecule has 0 aromatic heterocycles. The standard InChI is InChI=1S/C20H30N2O3/c1-16(23)22(14-12-17-8-6-7-11-19(17)25-2)15-13-20(24)21-18-9-4-3-5-10-18/h6-8,11,18H,3-5,9-10,12-15H2,1-2H3,(H,21,24). The lowest BCUT2D eigenvalue weighted by molar-refractivity contribution is -0.129. The third kappa shape index (κ3) is 6.40. The van der Waals surface area contributed by atoms with Crippen molar-refractivity contribution in [2.24, 2.45) is 0 Å². The Hall–Kier alpha value is -2.04. The van der Waals surface area contributed by atoms with Crippen LogP contribution in [0.2, 0.25) is 0 Å². The monoisotopic (exact) mass is 346 g/mol. The Balaban J connectivity index is 1.79. The number of carbonyl (C=O) groups is 2. The van der Waals surface area contributed by atoms with Gasteiger partial charge in [-0.05, 0) is 30.9 Å². The molecule has 0 aliphatic heterocycles. The summed E-state index contributed by atoms with van der Waals surface area (Å²) in [6.07, 6.45) is 6.90. The van der Waals surface area contributed by atoms with Crippen molar-refractivity contribution in [3.05, 3.63) is 29.8 Å². The Labute approximate surface area is 150 Å². The molecule has 25 heavy (non-hydrogen) atoms. The number of nitrogens with zero attached hydrogens (tertiary/aromatic N) is 1. The van der Waals surface area contributed by atoms with Crippen LogP contribution in [0.5, 0.6) is 5.75 Å². The smallest absolute Gasteiger partial charge is 0.221 e. The molecule has 1 fully saturated rings. The van der Waals surface area contributed by atoms with Gasteiger partial charge in [-0.2, -0.15) is 0 Å². The maximum absolute atomic E-state index is 12.1. The van der Waals surface area contributed by atoms with Crippen LogP contribution >= 0.6 is 0 Å². The van der Waals surface area contributed by atoms with Crippen molar-refractivity contribution in [3.63, 3.8) is 0 Å². The summed E-state index contributed by atoms with van der Waals surface area (Å²) in [6, 6.07) is 8.15. The Bertz CT molecular complexity index is 568. The largest absolute Gasteiger partial charge is 0.496 e. The van der Waals surface area contributed by atoms with Crippen LogP contribution in [0, 0.1) is 0 Å². The number of methoxy groups -OCH3 is 1. The van der Waals surface area contributed by atoms with Gasteiger partial charge in [0.05, 0.1) is 7.11 Å². The van der Waals surface area contributed by atoms with Crippen molar-refractivity contribution in [1.29, 1.82) is 0 Å². The highest BCUT2D eigenvalue weighted by atomic mass is 16.5. The van der Waals surface area contributed by atoms with Crippen molar-refractivity contribution < 1.29 is 14.3 Å². The number of hydrogen-bond acceptors (Lipinski definition) is 3. The molecule has 5 nitrogen and oxygen atoms in total. The van der Waals surface area contributed by atoms with Crippen LogP contribution in [-0.2, 0) is 16.0 Å². The summed E-state index contributed by atoms with van der Waals surface area (Å²) < 4.78 is 5.35. The predicted molar refractivity (Wildman–Crippen MR) is 98.6 cm³/mol. The van der Waals surface area contributed by atoms with Gasteiger partial charge in [0, 0.05) is 32.5 Å². The minimum Gasteiger partial charge on any atom is -0.496 e. The predicted octanol–water partition coefficient (Wildman–Crippen LogP) is 2.93. The van der Waals surface area contributed by atoms with Crippen LogP contribution in [0.15, 0.2) is 24.3 Å². The van der Waals surface area contributed by atoms with E-state index in [4.69, 9.17) is 4.74 Å². The molecule has 0 atom stereocenters. The molecule has 1 aliphatic rings. The average molecular weight is 346 g/mol. The fraction of sp³-hybridized carbons (Fsp3) is 0.600. The highest BCUT2D eigenvalue weighted by Gasteiger charge is 2.17. The normalized spacial score (nSPS) is 14.8. The zero-order chi connectivity index (χ0) is 18.1. The summed E-state index contributed by atoms with van der Waals surface area (Å²) in [7, 11) is 1.65. The van der Waals surface area contributed by atoms with Gasteiger partial charge in [-0.15, -0.1) is 0 Å². The van der Waals surface area contributed by atoms with Crippen LogP contribution < -0.4 is 10.1 Å². The van der Waals surface area contributed by atoms with Gasteiger partial charge in [-0.3, -0.25) is 9.59 Å². The van der Waals surface area contributed by atoms with Crippen LogP contribution in [0.4, 0.5) is 0 Å².